The molecule has 0 spiro atoms. The number of aryl methyl sites for hydroxylation is 1. The number of nitrogens with zero attached hydrogens (tertiary/aromatic N) is 1. The maximum Gasteiger partial charge on any atom is 0.261 e. The molecule has 1 aliphatic heterocycles. The topological polar surface area (TPSA) is 50.8 Å². The Labute approximate surface area is 139 Å². The zero-order valence-electron chi connectivity index (χ0n) is 14.2. The zero-order valence-corrected chi connectivity index (χ0v) is 14.2. The van der Waals surface area contributed by atoms with Gasteiger partial charge in [0.25, 0.3) is 5.91 Å². The Hall–Kier alpha value is -1.59. The molecule has 2 rings (SSSR count). The number of amides is 1. The summed E-state index contributed by atoms with van der Waals surface area (Å²) >= 11 is 0. The Morgan fingerprint density at radius 2 is 2.09 bits per heavy atom. The summed E-state index contributed by atoms with van der Waals surface area (Å²) in [6.07, 6.45) is 1.18. The van der Waals surface area contributed by atoms with E-state index in [4.69, 9.17) is 9.47 Å². The van der Waals surface area contributed by atoms with Crippen molar-refractivity contribution in [3.63, 3.8) is 0 Å². The van der Waals surface area contributed by atoms with Gasteiger partial charge in [-0.1, -0.05) is 25.1 Å². The zero-order chi connectivity index (χ0) is 16.5. The summed E-state index contributed by atoms with van der Waals surface area (Å²) in [4.78, 5) is 14.6. The second-order valence-electron chi connectivity index (χ2n) is 5.88. The maximum absolute atomic E-state index is 12.3. The number of rotatable bonds is 8. The van der Waals surface area contributed by atoms with Crippen LogP contribution in [0.4, 0.5) is 0 Å². The van der Waals surface area contributed by atoms with Crippen LogP contribution in [-0.2, 0) is 9.53 Å². The third-order valence-electron chi connectivity index (χ3n) is 4.08. The smallest absolute Gasteiger partial charge is 0.261 e. The molecule has 23 heavy (non-hydrogen) atoms. The Morgan fingerprint density at radius 3 is 2.78 bits per heavy atom. The lowest BCUT2D eigenvalue weighted by molar-refractivity contribution is -0.128. The molecule has 1 heterocycles. The minimum absolute atomic E-state index is 0.0299. The molecule has 0 saturated carbocycles. The van der Waals surface area contributed by atoms with E-state index in [-0.39, 0.29) is 5.91 Å². The number of hydrogen-bond donors (Lipinski definition) is 1. The van der Waals surface area contributed by atoms with E-state index in [2.05, 4.69) is 10.2 Å². The molecule has 1 atom stereocenters. The van der Waals surface area contributed by atoms with Gasteiger partial charge in [0.1, 0.15) is 5.75 Å². The second kappa shape index (κ2) is 9.53. The highest BCUT2D eigenvalue weighted by atomic mass is 16.5. The molecule has 1 aromatic rings. The second-order valence-corrected chi connectivity index (χ2v) is 5.88. The summed E-state index contributed by atoms with van der Waals surface area (Å²) in [6.45, 7) is 9.24. The minimum Gasteiger partial charge on any atom is -0.480 e. The number of para-hydroxylation sites is 1. The lowest BCUT2D eigenvalue weighted by Crippen LogP contribution is -2.41. The van der Waals surface area contributed by atoms with Crippen LogP contribution < -0.4 is 10.1 Å². The van der Waals surface area contributed by atoms with Crippen LogP contribution in [0, 0.1) is 6.92 Å². The van der Waals surface area contributed by atoms with Crippen molar-refractivity contribution >= 4 is 5.91 Å². The number of nitrogens with one attached hydrogen (secondary N) is 1. The summed E-state index contributed by atoms with van der Waals surface area (Å²) in [6, 6.07) is 7.79. The molecule has 0 aromatic heterocycles. The predicted octanol–water partition coefficient (Wildman–Crippen LogP) is 1.99. The Kier molecular flexibility index (Phi) is 7.36. The lowest BCUT2D eigenvalue weighted by atomic mass is 10.2. The van der Waals surface area contributed by atoms with Gasteiger partial charge in [-0.05, 0) is 37.9 Å². The molecule has 128 valence electrons. The maximum atomic E-state index is 12.3. The summed E-state index contributed by atoms with van der Waals surface area (Å²) in [5, 5.41) is 2.99. The summed E-state index contributed by atoms with van der Waals surface area (Å²) < 4.78 is 11.2. The first kappa shape index (κ1) is 17.8. The van der Waals surface area contributed by atoms with Gasteiger partial charge < -0.3 is 14.8 Å². The monoisotopic (exact) mass is 320 g/mol. The van der Waals surface area contributed by atoms with E-state index in [1.54, 1.807) is 0 Å². The molecule has 1 saturated heterocycles. The fourth-order valence-corrected chi connectivity index (χ4v) is 2.62. The molecule has 1 aromatic carbocycles. The number of ether oxygens (including phenoxy) is 2. The first-order valence-electron chi connectivity index (χ1n) is 8.50. The normalized spacial score (nSPS) is 16.8. The number of carbonyl (C=O) groups excluding carboxylic acids is 1. The standard InChI is InChI=1S/C18H28N2O3/c1-3-16(23-17-8-5-4-7-15(17)2)18(21)19-9-6-10-20-11-13-22-14-12-20/h4-5,7-8,16H,3,6,9-14H2,1-2H3,(H,19,21)/t16-/m0/s1. The quantitative estimate of drug-likeness (QED) is 0.744. The number of carbonyl (C=O) groups is 1. The first-order chi connectivity index (χ1) is 11.2. The highest BCUT2D eigenvalue weighted by molar-refractivity contribution is 5.81. The molecule has 5 heteroatoms. The van der Waals surface area contributed by atoms with E-state index >= 15 is 0 Å². The molecule has 0 radical (unpaired) electrons. The van der Waals surface area contributed by atoms with E-state index in [0.29, 0.717) is 13.0 Å². The van der Waals surface area contributed by atoms with Crippen molar-refractivity contribution in [1.29, 1.82) is 0 Å². The van der Waals surface area contributed by atoms with Crippen molar-refractivity contribution in [1.82, 2.24) is 10.2 Å². The van der Waals surface area contributed by atoms with Crippen molar-refractivity contribution in [2.75, 3.05) is 39.4 Å². The van der Waals surface area contributed by atoms with Crippen LogP contribution in [0.2, 0.25) is 0 Å². The molecule has 1 amide bonds. The molecule has 5 nitrogen and oxygen atoms in total. The number of hydrogen-bond acceptors (Lipinski definition) is 4. The molecule has 1 N–H and O–H groups in total. The Balaban J connectivity index is 1.71. The van der Waals surface area contributed by atoms with Crippen molar-refractivity contribution in [2.24, 2.45) is 0 Å². The van der Waals surface area contributed by atoms with Gasteiger partial charge in [-0.3, -0.25) is 9.69 Å². The average molecular weight is 320 g/mol. The van der Waals surface area contributed by atoms with Crippen molar-refractivity contribution < 1.29 is 14.3 Å². The molecule has 0 unspecified atom stereocenters. The van der Waals surface area contributed by atoms with Gasteiger partial charge in [-0.2, -0.15) is 0 Å². The predicted molar refractivity (Wildman–Crippen MR) is 90.8 cm³/mol. The van der Waals surface area contributed by atoms with E-state index in [1.807, 2.05) is 38.1 Å². The number of benzene rings is 1. The molecule has 1 fully saturated rings. The van der Waals surface area contributed by atoms with Crippen LogP contribution in [0.25, 0.3) is 0 Å². The van der Waals surface area contributed by atoms with Crippen molar-refractivity contribution in [3.8, 4) is 5.75 Å². The van der Waals surface area contributed by atoms with Gasteiger partial charge in [0, 0.05) is 19.6 Å². The van der Waals surface area contributed by atoms with Crippen LogP contribution in [0.3, 0.4) is 0 Å². The highest BCUT2D eigenvalue weighted by Gasteiger charge is 2.18. The van der Waals surface area contributed by atoms with Gasteiger partial charge in [0.05, 0.1) is 13.2 Å². The first-order valence-corrected chi connectivity index (χ1v) is 8.50. The van der Waals surface area contributed by atoms with Gasteiger partial charge in [0.2, 0.25) is 0 Å². The van der Waals surface area contributed by atoms with Gasteiger partial charge in [-0.15, -0.1) is 0 Å². The molecular formula is C18H28N2O3. The van der Waals surface area contributed by atoms with Crippen LogP contribution in [0.5, 0.6) is 5.75 Å². The van der Waals surface area contributed by atoms with Crippen LogP contribution >= 0.6 is 0 Å². The average Bonchev–Trinajstić information content (AvgIpc) is 2.59. The lowest BCUT2D eigenvalue weighted by Gasteiger charge is -2.26. The SMILES string of the molecule is CC[C@H](Oc1ccccc1C)C(=O)NCCCN1CCOCC1. The van der Waals surface area contributed by atoms with Gasteiger partial charge in [0.15, 0.2) is 6.10 Å². The van der Waals surface area contributed by atoms with E-state index in [9.17, 15) is 4.79 Å². The fraction of sp³-hybridized carbons (Fsp3) is 0.611. The summed E-state index contributed by atoms with van der Waals surface area (Å²) in [7, 11) is 0. The summed E-state index contributed by atoms with van der Waals surface area (Å²) in [5.74, 6) is 0.751. The number of morpholine rings is 1. The van der Waals surface area contributed by atoms with E-state index in [1.165, 1.54) is 0 Å². The van der Waals surface area contributed by atoms with Crippen LogP contribution in [0.1, 0.15) is 25.3 Å². The highest BCUT2D eigenvalue weighted by Crippen LogP contribution is 2.18. The van der Waals surface area contributed by atoms with E-state index < -0.39 is 6.10 Å². The third-order valence-corrected chi connectivity index (χ3v) is 4.08. The summed E-state index contributed by atoms with van der Waals surface area (Å²) in [5.41, 5.74) is 1.05. The largest absolute Gasteiger partial charge is 0.480 e. The molecule has 1 aliphatic rings. The van der Waals surface area contributed by atoms with E-state index in [0.717, 1.165) is 50.6 Å². The van der Waals surface area contributed by atoms with Gasteiger partial charge >= 0.3 is 0 Å². The Bertz CT molecular complexity index is 487. The van der Waals surface area contributed by atoms with Crippen LogP contribution in [0.15, 0.2) is 24.3 Å². The fourth-order valence-electron chi connectivity index (χ4n) is 2.62. The molecular weight excluding hydrogens is 292 g/mol. The molecule has 0 aliphatic carbocycles. The van der Waals surface area contributed by atoms with Crippen molar-refractivity contribution in [3.05, 3.63) is 29.8 Å². The third kappa shape index (κ3) is 5.84. The van der Waals surface area contributed by atoms with Crippen molar-refractivity contribution in [2.45, 2.75) is 32.8 Å². The minimum atomic E-state index is -0.431. The Morgan fingerprint density at radius 1 is 1.35 bits per heavy atom. The van der Waals surface area contributed by atoms with Crippen LogP contribution in [-0.4, -0.2) is 56.3 Å². The molecule has 0 bridgehead atoms. The van der Waals surface area contributed by atoms with Gasteiger partial charge in [-0.25, -0.2) is 0 Å².